The summed E-state index contributed by atoms with van der Waals surface area (Å²) in [6.45, 7) is 11.1. The van der Waals surface area contributed by atoms with Crippen LogP contribution in [0.1, 0.15) is 33.6 Å². The second kappa shape index (κ2) is 7.25. The van der Waals surface area contributed by atoms with Crippen LogP contribution in [0.2, 0.25) is 0 Å². The van der Waals surface area contributed by atoms with E-state index in [1.54, 1.807) is 7.11 Å². The van der Waals surface area contributed by atoms with Crippen LogP contribution in [0.15, 0.2) is 0 Å². The Hall–Kier alpha value is -0.120. The topological polar surface area (TPSA) is 24.5 Å². The summed E-state index contributed by atoms with van der Waals surface area (Å²) in [6.07, 6.45) is 2.68. The van der Waals surface area contributed by atoms with Crippen LogP contribution in [0.4, 0.5) is 0 Å². The molecule has 3 atom stereocenters. The third-order valence-corrected chi connectivity index (χ3v) is 3.59. The summed E-state index contributed by atoms with van der Waals surface area (Å²) in [5.74, 6) is 0.895. The van der Waals surface area contributed by atoms with Gasteiger partial charge in [0.1, 0.15) is 0 Å². The van der Waals surface area contributed by atoms with Crippen LogP contribution < -0.4 is 5.32 Å². The number of ether oxygens (including phenoxy) is 1. The lowest BCUT2D eigenvalue weighted by atomic mass is 9.93. The van der Waals surface area contributed by atoms with E-state index in [0.29, 0.717) is 6.04 Å². The zero-order chi connectivity index (χ0) is 12.0. The van der Waals surface area contributed by atoms with Crippen molar-refractivity contribution in [2.24, 2.45) is 5.92 Å². The van der Waals surface area contributed by atoms with E-state index in [9.17, 15) is 0 Å². The minimum absolute atomic E-state index is 0.478. The van der Waals surface area contributed by atoms with E-state index in [0.717, 1.165) is 31.7 Å². The van der Waals surface area contributed by atoms with Crippen molar-refractivity contribution >= 4 is 0 Å². The number of likely N-dealkylation sites (tertiary alicyclic amines) is 1. The number of hydrogen-bond donors (Lipinski definition) is 1. The molecule has 1 saturated heterocycles. The molecule has 3 unspecified atom stereocenters. The summed E-state index contributed by atoms with van der Waals surface area (Å²) in [6, 6.07) is 1.20. The third kappa shape index (κ3) is 4.40. The van der Waals surface area contributed by atoms with Crippen molar-refractivity contribution in [1.82, 2.24) is 10.2 Å². The minimum Gasteiger partial charge on any atom is -0.383 e. The first-order valence-corrected chi connectivity index (χ1v) is 6.63. The molecule has 0 aromatic heterocycles. The highest BCUT2D eigenvalue weighted by Crippen LogP contribution is 2.21. The van der Waals surface area contributed by atoms with Crippen molar-refractivity contribution in [3.05, 3.63) is 0 Å². The molecule has 1 N–H and O–H groups in total. The van der Waals surface area contributed by atoms with Gasteiger partial charge >= 0.3 is 0 Å². The van der Waals surface area contributed by atoms with E-state index in [2.05, 4.69) is 31.0 Å². The molecule has 1 heterocycles. The Morgan fingerprint density at radius 1 is 1.44 bits per heavy atom. The Labute approximate surface area is 101 Å². The summed E-state index contributed by atoms with van der Waals surface area (Å²) in [5, 5.41) is 3.50. The monoisotopic (exact) mass is 228 g/mol. The maximum absolute atomic E-state index is 5.27. The molecule has 96 valence electrons. The number of rotatable bonds is 6. The molecule has 0 bridgehead atoms. The van der Waals surface area contributed by atoms with Crippen molar-refractivity contribution in [1.29, 1.82) is 0 Å². The van der Waals surface area contributed by atoms with Gasteiger partial charge in [0.15, 0.2) is 0 Å². The van der Waals surface area contributed by atoms with Gasteiger partial charge in [-0.15, -0.1) is 0 Å². The molecule has 3 heteroatoms. The van der Waals surface area contributed by atoms with Gasteiger partial charge in [-0.3, -0.25) is 4.90 Å². The third-order valence-electron chi connectivity index (χ3n) is 3.59. The Kier molecular flexibility index (Phi) is 6.32. The van der Waals surface area contributed by atoms with Gasteiger partial charge in [-0.2, -0.15) is 0 Å². The molecule has 1 fully saturated rings. The summed E-state index contributed by atoms with van der Waals surface area (Å²) >= 11 is 0. The number of piperidine rings is 1. The molecule has 0 radical (unpaired) electrons. The van der Waals surface area contributed by atoms with E-state index in [1.165, 1.54) is 19.4 Å². The molecule has 0 saturated carbocycles. The summed E-state index contributed by atoms with van der Waals surface area (Å²) in [7, 11) is 1.78. The molecule has 0 amide bonds. The average Bonchev–Trinajstić information content (AvgIpc) is 2.23. The van der Waals surface area contributed by atoms with E-state index in [-0.39, 0.29) is 0 Å². The fraction of sp³-hybridized carbons (Fsp3) is 1.00. The first kappa shape index (κ1) is 13.9. The van der Waals surface area contributed by atoms with Crippen LogP contribution in [0, 0.1) is 5.92 Å². The lowest BCUT2D eigenvalue weighted by molar-refractivity contribution is 0.0893. The molecular formula is C13H28N2O. The molecule has 0 spiro atoms. The largest absolute Gasteiger partial charge is 0.383 e. The number of hydrogen-bond acceptors (Lipinski definition) is 3. The van der Waals surface area contributed by atoms with Crippen molar-refractivity contribution < 1.29 is 4.74 Å². The molecule has 0 aliphatic carbocycles. The quantitative estimate of drug-likeness (QED) is 0.749. The second-order valence-corrected chi connectivity index (χ2v) is 5.18. The molecule has 3 nitrogen and oxygen atoms in total. The average molecular weight is 228 g/mol. The lowest BCUT2D eigenvalue weighted by Gasteiger charge is -2.38. The van der Waals surface area contributed by atoms with Gasteiger partial charge in [0.05, 0.1) is 6.61 Å². The highest BCUT2D eigenvalue weighted by atomic mass is 16.5. The second-order valence-electron chi connectivity index (χ2n) is 5.18. The lowest BCUT2D eigenvalue weighted by Crippen LogP contribution is -2.49. The predicted molar refractivity (Wildman–Crippen MR) is 68.8 cm³/mol. The first-order chi connectivity index (χ1) is 7.67. The fourth-order valence-corrected chi connectivity index (χ4v) is 2.68. The number of nitrogens with zero attached hydrogens (tertiary/aromatic N) is 1. The molecular weight excluding hydrogens is 200 g/mol. The molecule has 0 aromatic rings. The van der Waals surface area contributed by atoms with Crippen LogP contribution in [0.25, 0.3) is 0 Å². The molecule has 1 rings (SSSR count). The first-order valence-electron chi connectivity index (χ1n) is 6.63. The van der Waals surface area contributed by atoms with Gasteiger partial charge in [0, 0.05) is 25.7 Å². The van der Waals surface area contributed by atoms with Crippen LogP contribution in [-0.2, 0) is 4.74 Å². The van der Waals surface area contributed by atoms with Gasteiger partial charge in [0.25, 0.3) is 0 Å². The minimum atomic E-state index is 0.478. The maximum atomic E-state index is 5.27. The Bertz CT molecular complexity index is 181. The highest BCUT2D eigenvalue weighted by Gasteiger charge is 2.24. The van der Waals surface area contributed by atoms with Crippen molar-refractivity contribution in [2.75, 3.05) is 33.4 Å². The highest BCUT2D eigenvalue weighted by molar-refractivity contribution is 4.80. The zero-order valence-corrected chi connectivity index (χ0v) is 11.3. The van der Waals surface area contributed by atoms with Crippen LogP contribution in [-0.4, -0.2) is 50.3 Å². The summed E-state index contributed by atoms with van der Waals surface area (Å²) < 4.78 is 5.27. The van der Waals surface area contributed by atoms with E-state index in [1.807, 2.05) is 0 Å². The van der Waals surface area contributed by atoms with Crippen LogP contribution in [0.5, 0.6) is 0 Å². The van der Waals surface area contributed by atoms with Gasteiger partial charge in [-0.05, 0) is 38.8 Å². The van der Waals surface area contributed by atoms with E-state index >= 15 is 0 Å². The molecule has 1 aliphatic heterocycles. The molecule has 16 heavy (non-hydrogen) atoms. The maximum Gasteiger partial charge on any atom is 0.0628 e. The van der Waals surface area contributed by atoms with Crippen LogP contribution >= 0.6 is 0 Å². The zero-order valence-electron chi connectivity index (χ0n) is 11.3. The SMILES string of the molecule is CCNC(COC)CN1CCC(C)CC1C. The smallest absolute Gasteiger partial charge is 0.0628 e. The molecule has 0 aromatic carbocycles. The van der Waals surface area contributed by atoms with Gasteiger partial charge in [0.2, 0.25) is 0 Å². The standard InChI is InChI=1S/C13H28N2O/c1-5-14-13(10-16-4)9-15-7-6-11(2)8-12(15)3/h11-14H,5-10H2,1-4H3. The summed E-state index contributed by atoms with van der Waals surface area (Å²) in [4.78, 5) is 2.60. The Morgan fingerprint density at radius 3 is 2.75 bits per heavy atom. The normalized spacial score (nSPS) is 29.2. The van der Waals surface area contributed by atoms with Gasteiger partial charge in [-0.25, -0.2) is 0 Å². The Balaban J connectivity index is 2.37. The number of likely N-dealkylation sites (N-methyl/N-ethyl adjacent to an activating group) is 1. The summed E-state index contributed by atoms with van der Waals surface area (Å²) in [5.41, 5.74) is 0. The molecule has 1 aliphatic rings. The van der Waals surface area contributed by atoms with Crippen LogP contribution in [0.3, 0.4) is 0 Å². The predicted octanol–water partition coefficient (Wildman–Crippen LogP) is 1.73. The van der Waals surface area contributed by atoms with Gasteiger partial charge in [-0.1, -0.05) is 13.8 Å². The van der Waals surface area contributed by atoms with E-state index < -0.39 is 0 Å². The van der Waals surface area contributed by atoms with Gasteiger partial charge < -0.3 is 10.1 Å². The number of nitrogens with one attached hydrogen (secondary N) is 1. The van der Waals surface area contributed by atoms with Crippen molar-refractivity contribution in [2.45, 2.75) is 45.7 Å². The van der Waals surface area contributed by atoms with Crippen molar-refractivity contribution in [3.8, 4) is 0 Å². The fourth-order valence-electron chi connectivity index (χ4n) is 2.68. The van der Waals surface area contributed by atoms with E-state index in [4.69, 9.17) is 4.74 Å². The Morgan fingerprint density at radius 2 is 2.19 bits per heavy atom. The number of methoxy groups -OCH3 is 1. The van der Waals surface area contributed by atoms with Crippen molar-refractivity contribution in [3.63, 3.8) is 0 Å².